The van der Waals surface area contributed by atoms with Crippen molar-refractivity contribution in [2.45, 2.75) is 17.1 Å². The van der Waals surface area contributed by atoms with E-state index in [2.05, 4.69) is 68.3 Å². The summed E-state index contributed by atoms with van der Waals surface area (Å²) in [7, 11) is 0. The highest BCUT2D eigenvalue weighted by molar-refractivity contribution is 9.08. The van der Waals surface area contributed by atoms with Crippen molar-refractivity contribution in [3.8, 4) is 11.1 Å². The van der Waals surface area contributed by atoms with Crippen LogP contribution >= 0.6 is 31.9 Å². The molecule has 17 heavy (non-hydrogen) atoms. The molecular formula is C15H12Br2. The highest BCUT2D eigenvalue weighted by atomic mass is 79.9. The SMILES string of the molecule is BrCc1ccc(CBr)c2c1Cc1ccccc1-2. The van der Waals surface area contributed by atoms with Gasteiger partial charge in [-0.25, -0.2) is 0 Å². The minimum atomic E-state index is 0.923. The second kappa shape index (κ2) is 4.58. The Morgan fingerprint density at radius 1 is 0.882 bits per heavy atom. The molecule has 2 aromatic rings. The van der Waals surface area contributed by atoms with Gasteiger partial charge in [-0.05, 0) is 39.8 Å². The van der Waals surface area contributed by atoms with Gasteiger partial charge in [-0.2, -0.15) is 0 Å². The quantitative estimate of drug-likeness (QED) is 0.567. The van der Waals surface area contributed by atoms with Crippen LogP contribution in [0.4, 0.5) is 0 Å². The molecule has 0 atom stereocenters. The van der Waals surface area contributed by atoms with E-state index in [0.29, 0.717) is 0 Å². The summed E-state index contributed by atoms with van der Waals surface area (Å²) in [6.07, 6.45) is 1.08. The van der Waals surface area contributed by atoms with Crippen molar-refractivity contribution in [3.05, 3.63) is 58.7 Å². The molecule has 0 aromatic heterocycles. The third-order valence-electron chi connectivity index (χ3n) is 3.44. The minimum absolute atomic E-state index is 0.923. The van der Waals surface area contributed by atoms with Gasteiger partial charge in [-0.3, -0.25) is 0 Å². The van der Waals surface area contributed by atoms with Gasteiger partial charge in [-0.15, -0.1) is 0 Å². The summed E-state index contributed by atoms with van der Waals surface area (Å²) in [5, 5.41) is 1.86. The van der Waals surface area contributed by atoms with Gasteiger partial charge in [0.05, 0.1) is 0 Å². The molecular weight excluding hydrogens is 340 g/mol. The maximum atomic E-state index is 3.60. The maximum Gasteiger partial charge on any atom is 0.0289 e. The fraction of sp³-hybridized carbons (Fsp3) is 0.200. The highest BCUT2D eigenvalue weighted by Gasteiger charge is 2.22. The number of hydrogen-bond acceptors (Lipinski definition) is 0. The number of rotatable bonds is 2. The summed E-state index contributed by atoms with van der Waals surface area (Å²) >= 11 is 7.19. The molecule has 0 nitrogen and oxygen atoms in total. The Hall–Kier alpha value is -0.600. The number of benzene rings is 2. The van der Waals surface area contributed by atoms with E-state index in [-0.39, 0.29) is 0 Å². The van der Waals surface area contributed by atoms with E-state index in [0.717, 1.165) is 17.1 Å². The van der Waals surface area contributed by atoms with Crippen molar-refractivity contribution in [1.82, 2.24) is 0 Å². The molecule has 2 heteroatoms. The van der Waals surface area contributed by atoms with Gasteiger partial charge in [0.1, 0.15) is 0 Å². The van der Waals surface area contributed by atoms with E-state index < -0.39 is 0 Å². The fourth-order valence-corrected chi connectivity index (χ4v) is 3.61. The highest BCUT2D eigenvalue weighted by Crippen LogP contribution is 2.41. The number of fused-ring (bicyclic) bond motifs is 3. The number of halogens is 2. The molecule has 0 radical (unpaired) electrons. The summed E-state index contributed by atoms with van der Waals surface area (Å²) in [6, 6.07) is 13.2. The number of alkyl halides is 2. The van der Waals surface area contributed by atoms with Crippen LogP contribution in [-0.2, 0) is 17.1 Å². The van der Waals surface area contributed by atoms with Gasteiger partial charge in [-0.1, -0.05) is 68.3 Å². The van der Waals surface area contributed by atoms with Crippen LogP contribution in [0.5, 0.6) is 0 Å². The van der Waals surface area contributed by atoms with Gasteiger partial charge in [0.2, 0.25) is 0 Å². The predicted molar refractivity (Wildman–Crippen MR) is 79.9 cm³/mol. The van der Waals surface area contributed by atoms with Crippen LogP contribution < -0.4 is 0 Å². The lowest BCUT2D eigenvalue weighted by molar-refractivity contribution is 1.20. The Balaban J connectivity index is 2.30. The molecule has 0 N–H and O–H groups in total. The second-order valence-electron chi connectivity index (χ2n) is 4.34. The van der Waals surface area contributed by atoms with Crippen LogP contribution in [0.25, 0.3) is 11.1 Å². The lowest BCUT2D eigenvalue weighted by Gasteiger charge is -2.10. The van der Waals surface area contributed by atoms with Crippen LogP contribution in [0.2, 0.25) is 0 Å². The minimum Gasteiger partial charge on any atom is -0.0876 e. The first-order chi connectivity index (χ1) is 8.35. The summed E-state index contributed by atoms with van der Waals surface area (Å²) in [6.45, 7) is 0. The van der Waals surface area contributed by atoms with Gasteiger partial charge in [0.15, 0.2) is 0 Å². The summed E-state index contributed by atoms with van der Waals surface area (Å²) in [5.74, 6) is 0. The molecule has 0 saturated heterocycles. The molecule has 0 amide bonds. The van der Waals surface area contributed by atoms with E-state index in [1.807, 2.05) is 0 Å². The molecule has 3 rings (SSSR count). The molecule has 0 spiro atoms. The molecule has 1 aliphatic carbocycles. The van der Waals surface area contributed by atoms with E-state index in [1.165, 1.54) is 33.4 Å². The summed E-state index contributed by atoms with van der Waals surface area (Å²) in [5.41, 5.74) is 8.64. The zero-order chi connectivity index (χ0) is 11.8. The van der Waals surface area contributed by atoms with Crippen molar-refractivity contribution < 1.29 is 0 Å². The second-order valence-corrected chi connectivity index (χ2v) is 5.46. The first kappa shape index (κ1) is 11.5. The van der Waals surface area contributed by atoms with Crippen LogP contribution in [-0.4, -0.2) is 0 Å². The van der Waals surface area contributed by atoms with Crippen LogP contribution in [0.15, 0.2) is 36.4 Å². The van der Waals surface area contributed by atoms with Crippen molar-refractivity contribution in [3.63, 3.8) is 0 Å². The lowest BCUT2D eigenvalue weighted by atomic mass is 9.97. The van der Waals surface area contributed by atoms with Gasteiger partial charge in [0, 0.05) is 10.7 Å². The van der Waals surface area contributed by atoms with Crippen molar-refractivity contribution >= 4 is 31.9 Å². The normalized spacial score (nSPS) is 12.4. The van der Waals surface area contributed by atoms with E-state index in [4.69, 9.17) is 0 Å². The molecule has 2 aromatic carbocycles. The number of hydrogen-bond donors (Lipinski definition) is 0. The van der Waals surface area contributed by atoms with Crippen LogP contribution in [0.1, 0.15) is 22.3 Å². The standard InChI is InChI=1S/C15H12Br2/c16-8-11-5-6-12(9-17)15-13-4-2-1-3-10(13)7-14(11)15/h1-6H,7-9H2. The Bertz CT molecular complexity index is 573. The average Bonchev–Trinajstić information content (AvgIpc) is 2.77. The first-order valence-corrected chi connectivity index (χ1v) is 7.93. The third kappa shape index (κ3) is 1.78. The molecule has 1 aliphatic rings. The van der Waals surface area contributed by atoms with E-state index in [9.17, 15) is 0 Å². The average molecular weight is 352 g/mol. The summed E-state index contributed by atoms with van der Waals surface area (Å²) in [4.78, 5) is 0. The Labute approximate surface area is 118 Å². The Morgan fingerprint density at radius 3 is 2.35 bits per heavy atom. The smallest absolute Gasteiger partial charge is 0.0289 e. The lowest BCUT2D eigenvalue weighted by Crippen LogP contribution is -1.93. The van der Waals surface area contributed by atoms with Gasteiger partial charge in [0.25, 0.3) is 0 Å². The maximum absolute atomic E-state index is 3.60. The van der Waals surface area contributed by atoms with E-state index in [1.54, 1.807) is 0 Å². The Kier molecular flexibility index (Phi) is 3.10. The van der Waals surface area contributed by atoms with Crippen molar-refractivity contribution in [2.75, 3.05) is 0 Å². The monoisotopic (exact) mass is 350 g/mol. The zero-order valence-electron chi connectivity index (χ0n) is 9.34. The van der Waals surface area contributed by atoms with Crippen LogP contribution in [0, 0.1) is 0 Å². The topological polar surface area (TPSA) is 0 Å². The molecule has 0 fully saturated rings. The molecule has 0 saturated carbocycles. The predicted octanol–water partition coefficient (Wildman–Crippen LogP) is 5.05. The third-order valence-corrected chi connectivity index (χ3v) is 4.65. The zero-order valence-corrected chi connectivity index (χ0v) is 12.5. The Morgan fingerprint density at radius 2 is 1.59 bits per heavy atom. The fourth-order valence-electron chi connectivity index (χ4n) is 2.62. The molecule has 0 aliphatic heterocycles. The van der Waals surface area contributed by atoms with Gasteiger partial charge < -0.3 is 0 Å². The van der Waals surface area contributed by atoms with Crippen molar-refractivity contribution in [2.24, 2.45) is 0 Å². The van der Waals surface area contributed by atoms with E-state index >= 15 is 0 Å². The molecule has 0 heterocycles. The molecule has 0 unspecified atom stereocenters. The first-order valence-electron chi connectivity index (χ1n) is 5.69. The molecule has 86 valence electrons. The largest absolute Gasteiger partial charge is 0.0876 e. The van der Waals surface area contributed by atoms with Crippen LogP contribution in [0.3, 0.4) is 0 Å². The summed E-state index contributed by atoms with van der Waals surface area (Å²) < 4.78 is 0. The molecule has 0 bridgehead atoms. The van der Waals surface area contributed by atoms with Crippen molar-refractivity contribution in [1.29, 1.82) is 0 Å². The van der Waals surface area contributed by atoms with Gasteiger partial charge >= 0.3 is 0 Å².